The van der Waals surface area contributed by atoms with Crippen LogP contribution in [0.2, 0.25) is 5.02 Å². The molecule has 0 aliphatic rings. The third kappa shape index (κ3) is 4.89. The first kappa shape index (κ1) is 14.9. The zero-order valence-corrected chi connectivity index (χ0v) is 12.1. The zero-order chi connectivity index (χ0) is 14.4. The number of rotatable bonds is 7. The summed E-state index contributed by atoms with van der Waals surface area (Å²) < 4.78 is 10.9. The molecule has 0 radical (unpaired) electrons. The summed E-state index contributed by atoms with van der Waals surface area (Å²) in [6.45, 7) is 3.13. The summed E-state index contributed by atoms with van der Waals surface area (Å²) >= 11 is 5.85. The van der Waals surface area contributed by atoms with Crippen molar-refractivity contribution in [3.05, 3.63) is 52.9 Å². The number of furan rings is 1. The molecule has 1 atom stereocenters. The summed E-state index contributed by atoms with van der Waals surface area (Å²) in [5.74, 6) is 2.38. The first-order valence-electron chi connectivity index (χ1n) is 6.46. The normalized spacial score (nSPS) is 12.3. The first-order valence-corrected chi connectivity index (χ1v) is 6.84. The second kappa shape index (κ2) is 7.33. The molecule has 20 heavy (non-hydrogen) atoms. The van der Waals surface area contributed by atoms with Crippen molar-refractivity contribution in [3.8, 4) is 5.75 Å². The summed E-state index contributed by atoms with van der Waals surface area (Å²) in [4.78, 5) is 0. The standard InChI is InChI=1S/C15H18ClNO3/c1-11-5-6-15(20-11)9-17-8-13(18)10-19-14-4-2-3-12(16)7-14/h2-7,13,17-18H,8-10H2,1H3. The van der Waals surface area contributed by atoms with Crippen LogP contribution in [0, 0.1) is 6.92 Å². The highest BCUT2D eigenvalue weighted by molar-refractivity contribution is 6.30. The van der Waals surface area contributed by atoms with Crippen molar-refractivity contribution in [2.45, 2.75) is 19.6 Å². The van der Waals surface area contributed by atoms with E-state index in [4.69, 9.17) is 20.8 Å². The predicted octanol–water partition coefficient (Wildman–Crippen LogP) is 2.77. The van der Waals surface area contributed by atoms with E-state index in [-0.39, 0.29) is 6.61 Å². The first-order chi connectivity index (χ1) is 9.63. The topological polar surface area (TPSA) is 54.6 Å². The smallest absolute Gasteiger partial charge is 0.120 e. The molecule has 1 unspecified atom stereocenters. The minimum absolute atomic E-state index is 0.213. The van der Waals surface area contributed by atoms with Crippen LogP contribution < -0.4 is 10.1 Å². The Kier molecular flexibility index (Phi) is 5.47. The number of ether oxygens (including phenoxy) is 1. The molecule has 5 heteroatoms. The molecule has 0 bridgehead atoms. The lowest BCUT2D eigenvalue weighted by molar-refractivity contribution is 0.105. The van der Waals surface area contributed by atoms with E-state index in [1.807, 2.05) is 25.1 Å². The Labute approximate surface area is 123 Å². The summed E-state index contributed by atoms with van der Waals surface area (Å²) in [7, 11) is 0. The maximum absolute atomic E-state index is 9.81. The van der Waals surface area contributed by atoms with Crippen LogP contribution in [0.5, 0.6) is 5.75 Å². The summed E-state index contributed by atoms with van der Waals surface area (Å²) in [6.07, 6.45) is -0.593. The number of hydrogen-bond acceptors (Lipinski definition) is 4. The maximum atomic E-state index is 9.81. The molecule has 1 aromatic carbocycles. The van der Waals surface area contributed by atoms with E-state index < -0.39 is 6.10 Å². The van der Waals surface area contributed by atoms with Gasteiger partial charge in [-0.3, -0.25) is 0 Å². The molecule has 1 aromatic heterocycles. The number of halogens is 1. The van der Waals surface area contributed by atoms with Gasteiger partial charge in [-0.05, 0) is 37.3 Å². The zero-order valence-electron chi connectivity index (χ0n) is 11.3. The van der Waals surface area contributed by atoms with Crippen LogP contribution in [0.25, 0.3) is 0 Å². The van der Waals surface area contributed by atoms with Gasteiger partial charge in [0.05, 0.1) is 6.54 Å². The number of nitrogens with one attached hydrogen (secondary N) is 1. The number of aliphatic hydroxyl groups is 1. The Balaban J connectivity index is 1.66. The van der Waals surface area contributed by atoms with Gasteiger partial charge in [0.1, 0.15) is 30.0 Å². The Morgan fingerprint density at radius 1 is 1.35 bits per heavy atom. The van der Waals surface area contributed by atoms with Gasteiger partial charge >= 0.3 is 0 Å². The van der Waals surface area contributed by atoms with E-state index in [0.717, 1.165) is 11.5 Å². The lowest BCUT2D eigenvalue weighted by Crippen LogP contribution is -2.31. The van der Waals surface area contributed by atoms with Crippen LogP contribution >= 0.6 is 11.6 Å². The molecular formula is C15H18ClNO3. The van der Waals surface area contributed by atoms with Crippen LogP contribution in [0.4, 0.5) is 0 Å². The van der Waals surface area contributed by atoms with Gasteiger partial charge < -0.3 is 19.6 Å². The SMILES string of the molecule is Cc1ccc(CNCC(O)COc2cccc(Cl)c2)o1. The van der Waals surface area contributed by atoms with Crippen LogP contribution in [0.3, 0.4) is 0 Å². The third-order valence-corrected chi connectivity index (χ3v) is 2.95. The van der Waals surface area contributed by atoms with Crippen molar-refractivity contribution in [3.63, 3.8) is 0 Å². The number of hydrogen-bond donors (Lipinski definition) is 2. The molecule has 0 amide bonds. The fourth-order valence-corrected chi connectivity index (χ4v) is 1.93. The molecule has 2 N–H and O–H groups in total. The largest absolute Gasteiger partial charge is 0.491 e. The minimum atomic E-state index is -0.593. The van der Waals surface area contributed by atoms with Gasteiger partial charge in [0.25, 0.3) is 0 Å². The van der Waals surface area contributed by atoms with Gasteiger partial charge in [0.2, 0.25) is 0 Å². The van der Waals surface area contributed by atoms with E-state index in [0.29, 0.717) is 23.9 Å². The van der Waals surface area contributed by atoms with E-state index in [9.17, 15) is 5.11 Å². The molecule has 2 aromatic rings. The van der Waals surface area contributed by atoms with Gasteiger partial charge in [-0.1, -0.05) is 17.7 Å². The molecule has 1 heterocycles. The van der Waals surface area contributed by atoms with Crippen LogP contribution in [-0.4, -0.2) is 24.4 Å². The number of aryl methyl sites for hydroxylation is 1. The molecular weight excluding hydrogens is 278 g/mol. The fourth-order valence-electron chi connectivity index (χ4n) is 1.75. The molecule has 4 nitrogen and oxygen atoms in total. The predicted molar refractivity (Wildman–Crippen MR) is 78.1 cm³/mol. The molecule has 0 saturated carbocycles. The van der Waals surface area contributed by atoms with Crippen molar-refractivity contribution in [2.75, 3.05) is 13.2 Å². The quantitative estimate of drug-likeness (QED) is 0.825. The Morgan fingerprint density at radius 3 is 2.90 bits per heavy atom. The summed E-state index contributed by atoms with van der Waals surface area (Å²) in [5.41, 5.74) is 0. The molecule has 108 valence electrons. The van der Waals surface area contributed by atoms with Crippen LogP contribution in [0.1, 0.15) is 11.5 Å². The molecule has 0 aliphatic heterocycles. The van der Waals surface area contributed by atoms with Gasteiger partial charge in [0, 0.05) is 11.6 Å². The van der Waals surface area contributed by atoms with Crippen molar-refractivity contribution in [1.82, 2.24) is 5.32 Å². The second-order valence-electron chi connectivity index (χ2n) is 4.57. The molecule has 0 fully saturated rings. The maximum Gasteiger partial charge on any atom is 0.120 e. The van der Waals surface area contributed by atoms with Crippen LogP contribution in [-0.2, 0) is 6.54 Å². The second-order valence-corrected chi connectivity index (χ2v) is 5.00. The Morgan fingerprint density at radius 2 is 2.20 bits per heavy atom. The number of aliphatic hydroxyl groups excluding tert-OH is 1. The average molecular weight is 296 g/mol. The van der Waals surface area contributed by atoms with Gasteiger partial charge in [-0.25, -0.2) is 0 Å². The van der Waals surface area contributed by atoms with E-state index in [1.54, 1.807) is 18.2 Å². The summed E-state index contributed by atoms with van der Waals surface area (Å²) in [5, 5.41) is 13.5. The van der Waals surface area contributed by atoms with Gasteiger partial charge in [-0.2, -0.15) is 0 Å². The van der Waals surface area contributed by atoms with Crippen LogP contribution in [0.15, 0.2) is 40.8 Å². The highest BCUT2D eigenvalue weighted by Gasteiger charge is 2.06. The summed E-state index contributed by atoms with van der Waals surface area (Å²) in [6, 6.07) is 10.9. The average Bonchev–Trinajstić information content (AvgIpc) is 2.82. The minimum Gasteiger partial charge on any atom is -0.491 e. The van der Waals surface area contributed by atoms with Crippen molar-refractivity contribution < 1.29 is 14.3 Å². The van der Waals surface area contributed by atoms with Gasteiger partial charge in [-0.15, -0.1) is 0 Å². The van der Waals surface area contributed by atoms with Gasteiger partial charge in [0.15, 0.2) is 0 Å². The monoisotopic (exact) mass is 295 g/mol. The van der Waals surface area contributed by atoms with E-state index in [2.05, 4.69) is 5.32 Å². The van der Waals surface area contributed by atoms with E-state index >= 15 is 0 Å². The molecule has 0 saturated heterocycles. The number of benzene rings is 1. The van der Waals surface area contributed by atoms with E-state index in [1.165, 1.54) is 0 Å². The van der Waals surface area contributed by atoms with Crippen molar-refractivity contribution in [1.29, 1.82) is 0 Å². The highest BCUT2D eigenvalue weighted by atomic mass is 35.5. The lowest BCUT2D eigenvalue weighted by Gasteiger charge is -2.13. The highest BCUT2D eigenvalue weighted by Crippen LogP contribution is 2.17. The van der Waals surface area contributed by atoms with Crippen molar-refractivity contribution >= 4 is 11.6 Å². The molecule has 2 rings (SSSR count). The van der Waals surface area contributed by atoms with Crippen molar-refractivity contribution in [2.24, 2.45) is 0 Å². The Bertz CT molecular complexity index is 541. The molecule has 0 aliphatic carbocycles. The Hall–Kier alpha value is -1.49. The lowest BCUT2D eigenvalue weighted by atomic mass is 10.3. The third-order valence-electron chi connectivity index (χ3n) is 2.71. The fraction of sp³-hybridized carbons (Fsp3) is 0.333. The molecule has 0 spiro atoms.